The fourth-order valence-corrected chi connectivity index (χ4v) is 3.04. The van der Waals surface area contributed by atoms with Gasteiger partial charge in [-0.25, -0.2) is 4.98 Å². The van der Waals surface area contributed by atoms with Gasteiger partial charge in [-0.3, -0.25) is 0 Å². The van der Waals surface area contributed by atoms with E-state index in [1.807, 2.05) is 36.4 Å². The summed E-state index contributed by atoms with van der Waals surface area (Å²) in [4.78, 5) is 3.97. The van der Waals surface area contributed by atoms with Crippen molar-refractivity contribution in [2.75, 3.05) is 5.32 Å². The third kappa shape index (κ3) is 2.56. The Morgan fingerprint density at radius 3 is 2.75 bits per heavy atom. The molecule has 0 radical (unpaired) electrons. The number of rotatable bonds is 4. The molecule has 0 saturated carbocycles. The SMILES string of the molecule is Cc1c(C(C)Nc2cccc(-c3cnco3)c2)oc2ccccc12. The summed E-state index contributed by atoms with van der Waals surface area (Å²) < 4.78 is 11.4. The van der Waals surface area contributed by atoms with Crippen LogP contribution in [-0.2, 0) is 0 Å². The van der Waals surface area contributed by atoms with Gasteiger partial charge in [-0.05, 0) is 32.0 Å². The van der Waals surface area contributed by atoms with Crippen LogP contribution in [0, 0.1) is 6.92 Å². The van der Waals surface area contributed by atoms with Crippen molar-refractivity contribution >= 4 is 16.7 Å². The summed E-state index contributed by atoms with van der Waals surface area (Å²) in [6.07, 6.45) is 3.15. The molecule has 0 saturated heterocycles. The Morgan fingerprint density at radius 1 is 1.08 bits per heavy atom. The number of nitrogens with zero attached hydrogens (tertiary/aromatic N) is 1. The van der Waals surface area contributed by atoms with Crippen LogP contribution in [0.3, 0.4) is 0 Å². The van der Waals surface area contributed by atoms with Crippen LogP contribution >= 0.6 is 0 Å². The zero-order valence-electron chi connectivity index (χ0n) is 13.6. The number of aryl methyl sites for hydroxylation is 1. The Bertz CT molecular complexity index is 970. The molecular formula is C20H18N2O2. The third-order valence-electron chi connectivity index (χ3n) is 4.24. The largest absolute Gasteiger partial charge is 0.459 e. The monoisotopic (exact) mass is 318 g/mol. The lowest BCUT2D eigenvalue weighted by atomic mass is 10.1. The van der Waals surface area contributed by atoms with Crippen LogP contribution in [0.25, 0.3) is 22.3 Å². The predicted molar refractivity (Wildman–Crippen MR) is 94.9 cm³/mol. The van der Waals surface area contributed by atoms with Crippen molar-refractivity contribution in [3.63, 3.8) is 0 Å². The van der Waals surface area contributed by atoms with Gasteiger partial charge >= 0.3 is 0 Å². The number of para-hydroxylation sites is 1. The number of hydrogen-bond donors (Lipinski definition) is 1. The summed E-state index contributed by atoms with van der Waals surface area (Å²) in [5, 5.41) is 4.67. The number of anilines is 1. The Balaban J connectivity index is 1.63. The zero-order valence-corrected chi connectivity index (χ0v) is 13.6. The Labute approximate surface area is 140 Å². The molecule has 4 aromatic rings. The van der Waals surface area contributed by atoms with Crippen LogP contribution in [0.4, 0.5) is 5.69 Å². The maximum Gasteiger partial charge on any atom is 0.181 e. The molecule has 1 atom stereocenters. The van der Waals surface area contributed by atoms with E-state index in [9.17, 15) is 0 Å². The van der Waals surface area contributed by atoms with Crippen molar-refractivity contribution in [3.05, 3.63) is 72.4 Å². The van der Waals surface area contributed by atoms with Gasteiger partial charge in [0.05, 0.1) is 12.2 Å². The number of hydrogen-bond acceptors (Lipinski definition) is 4. The standard InChI is InChI=1S/C20H18N2O2/c1-13-17-8-3-4-9-18(17)24-20(13)14(2)22-16-7-5-6-15(10-16)19-11-21-12-23-19/h3-12,14,22H,1-2H3. The second-order valence-corrected chi connectivity index (χ2v) is 5.90. The van der Waals surface area contributed by atoms with E-state index in [-0.39, 0.29) is 6.04 Å². The summed E-state index contributed by atoms with van der Waals surface area (Å²) in [6, 6.07) is 16.3. The van der Waals surface area contributed by atoms with E-state index >= 15 is 0 Å². The lowest BCUT2D eigenvalue weighted by Crippen LogP contribution is -2.06. The molecule has 1 unspecified atom stereocenters. The zero-order chi connectivity index (χ0) is 16.5. The van der Waals surface area contributed by atoms with Gasteiger partial charge in [-0.2, -0.15) is 0 Å². The second kappa shape index (κ2) is 5.89. The minimum absolute atomic E-state index is 0.0578. The molecule has 4 rings (SSSR count). The first-order chi connectivity index (χ1) is 11.7. The van der Waals surface area contributed by atoms with E-state index in [1.54, 1.807) is 6.20 Å². The van der Waals surface area contributed by atoms with Gasteiger partial charge in [0, 0.05) is 22.2 Å². The molecule has 2 aromatic heterocycles. The molecule has 1 N–H and O–H groups in total. The van der Waals surface area contributed by atoms with Crippen LogP contribution in [0.2, 0.25) is 0 Å². The molecule has 2 heterocycles. The normalized spacial score (nSPS) is 12.4. The van der Waals surface area contributed by atoms with Gasteiger partial charge in [-0.15, -0.1) is 0 Å². The molecule has 24 heavy (non-hydrogen) atoms. The van der Waals surface area contributed by atoms with Gasteiger partial charge in [-0.1, -0.05) is 30.3 Å². The van der Waals surface area contributed by atoms with Crippen molar-refractivity contribution in [1.29, 1.82) is 0 Å². The van der Waals surface area contributed by atoms with Gasteiger partial charge in [0.15, 0.2) is 12.2 Å². The number of oxazole rings is 1. The van der Waals surface area contributed by atoms with E-state index in [4.69, 9.17) is 8.83 Å². The van der Waals surface area contributed by atoms with Crippen molar-refractivity contribution in [1.82, 2.24) is 4.98 Å². The van der Waals surface area contributed by atoms with Gasteiger partial charge < -0.3 is 14.2 Å². The molecule has 0 amide bonds. The molecule has 0 aliphatic heterocycles. The number of fused-ring (bicyclic) bond motifs is 1. The van der Waals surface area contributed by atoms with E-state index in [2.05, 4.69) is 36.3 Å². The van der Waals surface area contributed by atoms with E-state index in [0.29, 0.717) is 0 Å². The first kappa shape index (κ1) is 14.6. The summed E-state index contributed by atoms with van der Waals surface area (Å²) in [5.41, 5.74) is 4.10. The molecule has 0 aliphatic rings. The van der Waals surface area contributed by atoms with E-state index < -0.39 is 0 Å². The minimum atomic E-state index is 0.0578. The number of nitrogens with one attached hydrogen (secondary N) is 1. The quantitative estimate of drug-likeness (QED) is 0.534. The highest BCUT2D eigenvalue weighted by atomic mass is 16.3. The highest BCUT2D eigenvalue weighted by Crippen LogP contribution is 2.31. The molecule has 0 bridgehead atoms. The van der Waals surface area contributed by atoms with Crippen molar-refractivity contribution in [3.8, 4) is 11.3 Å². The van der Waals surface area contributed by atoms with Gasteiger partial charge in [0.1, 0.15) is 11.3 Å². The number of benzene rings is 2. The first-order valence-corrected chi connectivity index (χ1v) is 7.96. The Kier molecular flexibility index (Phi) is 3.58. The number of furan rings is 1. The molecule has 120 valence electrons. The fraction of sp³-hybridized carbons (Fsp3) is 0.150. The molecule has 4 heteroatoms. The van der Waals surface area contributed by atoms with Crippen LogP contribution in [-0.4, -0.2) is 4.98 Å². The van der Waals surface area contributed by atoms with E-state index in [1.165, 1.54) is 12.0 Å². The summed E-state index contributed by atoms with van der Waals surface area (Å²) in [7, 11) is 0. The van der Waals surface area contributed by atoms with Gasteiger partial charge in [0.2, 0.25) is 0 Å². The summed E-state index contributed by atoms with van der Waals surface area (Å²) >= 11 is 0. The molecule has 4 nitrogen and oxygen atoms in total. The topological polar surface area (TPSA) is 51.2 Å². The first-order valence-electron chi connectivity index (χ1n) is 7.96. The molecular weight excluding hydrogens is 300 g/mol. The van der Waals surface area contributed by atoms with Crippen molar-refractivity contribution in [2.45, 2.75) is 19.9 Å². The molecule has 0 fully saturated rings. The van der Waals surface area contributed by atoms with E-state index in [0.717, 1.165) is 33.7 Å². The maximum absolute atomic E-state index is 6.04. The average molecular weight is 318 g/mol. The van der Waals surface area contributed by atoms with Crippen LogP contribution in [0.15, 0.2) is 70.0 Å². The summed E-state index contributed by atoms with van der Waals surface area (Å²) in [6.45, 7) is 4.20. The van der Waals surface area contributed by atoms with Crippen molar-refractivity contribution in [2.24, 2.45) is 0 Å². The lowest BCUT2D eigenvalue weighted by Gasteiger charge is -2.14. The number of aromatic nitrogens is 1. The second-order valence-electron chi connectivity index (χ2n) is 5.90. The summed E-state index contributed by atoms with van der Waals surface area (Å²) in [5.74, 6) is 1.72. The minimum Gasteiger partial charge on any atom is -0.459 e. The smallest absolute Gasteiger partial charge is 0.181 e. The Morgan fingerprint density at radius 2 is 1.96 bits per heavy atom. The molecule has 0 aliphatic carbocycles. The third-order valence-corrected chi connectivity index (χ3v) is 4.24. The average Bonchev–Trinajstić information content (AvgIpc) is 3.24. The Hall–Kier alpha value is -3.01. The maximum atomic E-state index is 6.04. The lowest BCUT2D eigenvalue weighted by molar-refractivity contribution is 0.522. The fourth-order valence-electron chi connectivity index (χ4n) is 3.04. The molecule has 0 spiro atoms. The van der Waals surface area contributed by atoms with Crippen molar-refractivity contribution < 1.29 is 8.83 Å². The van der Waals surface area contributed by atoms with Crippen LogP contribution in [0.1, 0.15) is 24.3 Å². The van der Waals surface area contributed by atoms with Gasteiger partial charge in [0.25, 0.3) is 0 Å². The van der Waals surface area contributed by atoms with Crippen LogP contribution < -0.4 is 5.32 Å². The highest BCUT2D eigenvalue weighted by molar-refractivity contribution is 5.82. The van der Waals surface area contributed by atoms with Crippen LogP contribution in [0.5, 0.6) is 0 Å². The predicted octanol–water partition coefficient (Wildman–Crippen LogP) is 5.57. The molecule has 2 aromatic carbocycles. The highest BCUT2D eigenvalue weighted by Gasteiger charge is 2.16.